The van der Waals surface area contributed by atoms with E-state index in [2.05, 4.69) is 46.3 Å². The van der Waals surface area contributed by atoms with E-state index in [9.17, 15) is 4.79 Å². The van der Waals surface area contributed by atoms with Gasteiger partial charge in [0.15, 0.2) is 23.0 Å². The van der Waals surface area contributed by atoms with Gasteiger partial charge in [-0.2, -0.15) is 5.10 Å². The highest BCUT2D eigenvalue weighted by molar-refractivity contribution is 6.32. The SMILES string of the molecule is CCOc1cc(/C=N/NC(=O)c2ccc(-n3c(C)ccc3-c3ccccc3)cc2)cc(Cl)c1OCc1ccc2c(c1)OCO2. The first-order chi connectivity index (χ1) is 21.5. The van der Waals surface area contributed by atoms with Gasteiger partial charge in [-0.05, 0) is 91.2 Å². The Bertz CT molecular complexity index is 1820. The highest BCUT2D eigenvalue weighted by Crippen LogP contribution is 2.38. The fraction of sp³-hybridized carbons (Fsp3) is 0.143. The van der Waals surface area contributed by atoms with Crippen LogP contribution in [0.2, 0.25) is 5.02 Å². The molecule has 0 radical (unpaired) electrons. The van der Waals surface area contributed by atoms with Crippen LogP contribution in [-0.2, 0) is 6.61 Å². The summed E-state index contributed by atoms with van der Waals surface area (Å²) in [6, 6.07) is 30.9. The average molecular weight is 608 g/mol. The van der Waals surface area contributed by atoms with Gasteiger partial charge in [0.2, 0.25) is 6.79 Å². The Morgan fingerprint density at radius 1 is 0.955 bits per heavy atom. The maximum atomic E-state index is 12.8. The lowest BCUT2D eigenvalue weighted by molar-refractivity contribution is 0.0955. The van der Waals surface area contributed by atoms with Gasteiger partial charge in [-0.1, -0.05) is 48.0 Å². The topological polar surface area (TPSA) is 83.3 Å². The first-order valence-electron chi connectivity index (χ1n) is 14.2. The molecule has 4 aromatic carbocycles. The number of hydrogen-bond donors (Lipinski definition) is 1. The van der Waals surface area contributed by atoms with E-state index in [0.29, 0.717) is 45.8 Å². The van der Waals surface area contributed by atoms with Gasteiger partial charge in [-0.3, -0.25) is 4.79 Å². The van der Waals surface area contributed by atoms with Gasteiger partial charge < -0.3 is 23.5 Å². The number of aromatic nitrogens is 1. The molecule has 2 heterocycles. The molecular formula is C35H30ClN3O5. The van der Waals surface area contributed by atoms with Gasteiger partial charge in [0, 0.05) is 16.9 Å². The van der Waals surface area contributed by atoms with Crippen LogP contribution in [0, 0.1) is 6.92 Å². The van der Waals surface area contributed by atoms with Crippen molar-refractivity contribution in [3.63, 3.8) is 0 Å². The van der Waals surface area contributed by atoms with Crippen LogP contribution >= 0.6 is 11.6 Å². The van der Waals surface area contributed by atoms with Crippen LogP contribution in [0.5, 0.6) is 23.0 Å². The number of carbonyl (C=O) groups excluding carboxylic acids is 1. The standard InChI is InChI=1S/C35H30ClN3O5/c1-3-41-33-19-25(17-29(36)34(33)42-21-24-10-16-31-32(18-24)44-22-43-31)20-37-38-35(40)27-11-13-28(14-12-27)39-23(2)9-15-30(39)26-7-5-4-6-8-26/h4-20H,3,21-22H2,1-2H3,(H,38,40)/b37-20+. The molecule has 0 bridgehead atoms. The lowest BCUT2D eigenvalue weighted by Crippen LogP contribution is -2.17. The second-order valence-electron chi connectivity index (χ2n) is 10.0. The summed E-state index contributed by atoms with van der Waals surface area (Å²) in [7, 11) is 0. The predicted molar refractivity (Wildman–Crippen MR) is 171 cm³/mol. The molecule has 5 aromatic rings. The minimum absolute atomic E-state index is 0.208. The predicted octanol–water partition coefficient (Wildman–Crippen LogP) is 7.58. The molecule has 1 N–H and O–H groups in total. The molecular weight excluding hydrogens is 578 g/mol. The number of hydrogen-bond acceptors (Lipinski definition) is 6. The van der Waals surface area contributed by atoms with Gasteiger partial charge in [0.05, 0.1) is 23.5 Å². The van der Waals surface area contributed by atoms with Crippen molar-refractivity contribution in [2.45, 2.75) is 20.5 Å². The Morgan fingerprint density at radius 3 is 2.55 bits per heavy atom. The van der Waals surface area contributed by atoms with Crippen LogP contribution in [-0.4, -0.2) is 30.1 Å². The zero-order chi connectivity index (χ0) is 30.5. The molecule has 222 valence electrons. The smallest absolute Gasteiger partial charge is 0.271 e. The summed E-state index contributed by atoms with van der Waals surface area (Å²) in [5.41, 5.74) is 8.87. The molecule has 1 aromatic heterocycles. The third-order valence-electron chi connectivity index (χ3n) is 7.06. The van der Waals surface area contributed by atoms with E-state index in [1.165, 1.54) is 6.21 Å². The van der Waals surface area contributed by atoms with Gasteiger partial charge in [0.1, 0.15) is 6.61 Å². The molecule has 0 saturated heterocycles. The van der Waals surface area contributed by atoms with Crippen LogP contribution in [0.15, 0.2) is 102 Å². The lowest BCUT2D eigenvalue weighted by Gasteiger charge is -2.14. The first-order valence-corrected chi connectivity index (χ1v) is 14.5. The van der Waals surface area contributed by atoms with Crippen LogP contribution in [0.4, 0.5) is 0 Å². The number of benzene rings is 4. The number of hydrazone groups is 1. The van der Waals surface area contributed by atoms with Gasteiger partial charge in [0.25, 0.3) is 5.91 Å². The van der Waals surface area contributed by atoms with Crippen molar-refractivity contribution in [1.82, 2.24) is 9.99 Å². The van der Waals surface area contributed by atoms with E-state index in [1.807, 2.05) is 55.5 Å². The summed E-state index contributed by atoms with van der Waals surface area (Å²) in [4.78, 5) is 12.8. The zero-order valence-electron chi connectivity index (χ0n) is 24.2. The Balaban J connectivity index is 1.12. The van der Waals surface area contributed by atoms with Crippen LogP contribution < -0.4 is 24.4 Å². The monoisotopic (exact) mass is 607 g/mol. The van der Waals surface area contributed by atoms with Crippen molar-refractivity contribution < 1.29 is 23.7 Å². The van der Waals surface area contributed by atoms with Crippen LogP contribution in [0.25, 0.3) is 16.9 Å². The first kappa shape index (κ1) is 28.9. The van der Waals surface area contributed by atoms with E-state index in [0.717, 1.165) is 28.2 Å². The number of amides is 1. The van der Waals surface area contributed by atoms with Crippen molar-refractivity contribution in [1.29, 1.82) is 0 Å². The normalized spacial score (nSPS) is 12.0. The van der Waals surface area contributed by atoms with E-state index in [1.54, 1.807) is 24.3 Å². The van der Waals surface area contributed by atoms with Gasteiger partial charge in [-0.25, -0.2) is 5.43 Å². The summed E-state index contributed by atoms with van der Waals surface area (Å²) in [5.74, 6) is 1.94. The molecule has 9 heteroatoms. The Labute approximate surface area is 260 Å². The Kier molecular flexibility index (Phi) is 8.52. The largest absolute Gasteiger partial charge is 0.490 e. The van der Waals surface area contributed by atoms with Crippen LogP contribution in [0.3, 0.4) is 0 Å². The molecule has 0 fully saturated rings. The summed E-state index contributed by atoms with van der Waals surface area (Å²) in [5, 5.41) is 4.50. The molecule has 0 atom stereocenters. The summed E-state index contributed by atoms with van der Waals surface area (Å²) >= 11 is 6.59. The number of ether oxygens (including phenoxy) is 4. The second-order valence-corrected chi connectivity index (χ2v) is 10.5. The van der Waals surface area contributed by atoms with Crippen molar-refractivity contribution in [2.75, 3.05) is 13.4 Å². The minimum Gasteiger partial charge on any atom is -0.490 e. The molecule has 1 aliphatic heterocycles. The van der Waals surface area contributed by atoms with Crippen molar-refractivity contribution >= 4 is 23.7 Å². The average Bonchev–Trinajstić information content (AvgIpc) is 3.67. The summed E-state index contributed by atoms with van der Waals surface area (Å²) in [6.45, 7) is 4.82. The molecule has 1 amide bonds. The molecule has 0 aliphatic carbocycles. The van der Waals surface area contributed by atoms with Crippen LogP contribution in [0.1, 0.15) is 34.1 Å². The maximum absolute atomic E-state index is 12.8. The van der Waals surface area contributed by atoms with E-state index in [-0.39, 0.29) is 19.3 Å². The van der Waals surface area contributed by atoms with Crippen molar-refractivity contribution in [3.8, 4) is 39.9 Å². The van der Waals surface area contributed by atoms with Gasteiger partial charge >= 0.3 is 0 Å². The third kappa shape index (κ3) is 6.26. The fourth-order valence-corrected chi connectivity index (χ4v) is 5.23. The van der Waals surface area contributed by atoms with Gasteiger partial charge in [-0.15, -0.1) is 0 Å². The molecule has 1 aliphatic rings. The lowest BCUT2D eigenvalue weighted by atomic mass is 10.1. The molecule has 0 saturated carbocycles. The minimum atomic E-state index is -0.333. The number of carbonyl (C=O) groups is 1. The molecule has 0 spiro atoms. The Morgan fingerprint density at radius 2 is 1.75 bits per heavy atom. The third-order valence-corrected chi connectivity index (χ3v) is 7.35. The summed E-state index contributed by atoms with van der Waals surface area (Å²) in [6.07, 6.45) is 1.51. The fourth-order valence-electron chi connectivity index (χ4n) is 4.96. The number of nitrogens with one attached hydrogen (secondary N) is 1. The highest BCUT2D eigenvalue weighted by atomic mass is 35.5. The molecule has 44 heavy (non-hydrogen) atoms. The van der Waals surface area contributed by atoms with E-state index in [4.69, 9.17) is 30.5 Å². The maximum Gasteiger partial charge on any atom is 0.271 e. The van der Waals surface area contributed by atoms with E-state index >= 15 is 0 Å². The number of halogens is 1. The second kappa shape index (κ2) is 13.0. The highest BCUT2D eigenvalue weighted by Gasteiger charge is 2.16. The zero-order valence-corrected chi connectivity index (χ0v) is 25.0. The molecule has 8 nitrogen and oxygen atoms in total. The Hall–Kier alpha value is -5.21. The number of nitrogens with zero attached hydrogens (tertiary/aromatic N) is 2. The number of aryl methyl sites for hydroxylation is 1. The van der Waals surface area contributed by atoms with E-state index < -0.39 is 0 Å². The van der Waals surface area contributed by atoms with Crippen molar-refractivity contribution in [3.05, 3.63) is 124 Å². The molecule has 6 rings (SSSR count). The van der Waals surface area contributed by atoms with Crippen molar-refractivity contribution in [2.24, 2.45) is 5.10 Å². The number of rotatable bonds is 10. The quantitative estimate of drug-likeness (QED) is 0.131. The molecule has 0 unspecified atom stereocenters. The summed E-state index contributed by atoms with van der Waals surface area (Å²) < 4.78 is 24.8. The number of fused-ring (bicyclic) bond motifs is 1.